The Morgan fingerprint density at radius 2 is 2.10 bits per heavy atom. The number of para-hydroxylation sites is 2. The zero-order valence-corrected chi connectivity index (χ0v) is 18.5. The number of carbonyl (C=O) groups excluding carboxylic acids is 1. The number of ether oxygens (including phenoxy) is 1. The standard InChI is InChI=1S/C21H23ClN4O4S/c1-2-26-18-8-4-3-7-17(18)24-21(26)25-20(27)14-9-10-16(22)19(12-14)31(28,29)23-13-15-6-5-11-30-15/h3-4,7-10,12,15,23H,2,5-6,11,13H2,1H3,(H,24,25,27)/t15-/m0/s1. The Kier molecular flexibility index (Phi) is 6.29. The van der Waals surface area contributed by atoms with Crippen molar-refractivity contribution in [3.63, 3.8) is 0 Å². The molecule has 1 amide bonds. The van der Waals surface area contributed by atoms with Crippen LogP contribution >= 0.6 is 11.6 Å². The van der Waals surface area contributed by atoms with E-state index < -0.39 is 15.9 Å². The quantitative estimate of drug-likeness (QED) is 0.560. The molecular weight excluding hydrogens is 440 g/mol. The van der Waals surface area contributed by atoms with Gasteiger partial charge in [0.2, 0.25) is 16.0 Å². The maximum absolute atomic E-state index is 12.9. The SMILES string of the molecule is CCn1c(NC(=O)c2ccc(Cl)c(S(=O)(=O)NC[C@@H]3CCCO3)c2)nc2ccccc21. The predicted octanol–water partition coefficient (Wildman–Crippen LogP) is 3.42. The number of sulfonamides is 1. The summed E-state index contributed by atoms with van der Waals surface area (Å²) in [6.45, 7) is 3.36. The molecule has 3 aromatic rings. The van der Waals surface area contributed by atoms with Gasteiger partial charge in [-0.3, -0.25) is 10.1 Å². The number of hydrogen-bond acceptors (Lipinski definition) is 5. The molecule has 4 rings (SSSR count). The number of carbonyl (C=O) groups is 1. The zero-order valence-electron chi connectivity index (χ0n) is 17.0. The second-order valence-electron chi connectivity index (χ2n) is 7.25. The van der Waals surface area contributed by atoms with E-state index in [4.69, 9.17) is 16.3 Å². The van der Waals surface area contributed by atoms with Crippen molar-refractivity contribution in [3.05, 3.63) is 53.1 Å². The van der Waals surface area contributed by atoms with E-state index in [-0.39, 0.29) is 28.1 Å². The molecule has 1 aliphatic heterocycles. The van der Waals surface area contributed by atoms with E-state index in [1.807, 2.05) is 35.8 Å². The first-order chi connectivity index (χ1) is 14.9. The van der Waals surface area contributed by atoms with E-state index in [2.05, 4.69) is 15.0 Å². The lowest BCUT2D eigenvalue weighted by atomic mass is 10.2. The third-order valence-corrected chi connectivity index (χ3v) is 7.11. The summed E-state index contributed by atoms with van der Waals surface area (Å²) in [5.74, 6) is -0.0817. The lowest BCUT2D eigenvalue weighted by Gasteiger charge is -2.13. The number of anilines is 1. The van der Waals surface area contributed by atoms with Crippen molar-refractivity contribution in [2.75, 3.05) is 18.5 Å². The summed E-state index contributed by atoms with van der Waals surface area (Å²) in [5.41, 5.74) is 1.83. The van der Waals surface area contributed by atoms with Gasteiger partial charge in [0, 0.05) is 25.3 Å². The number of aromatic nitrogens is 2. The van der Waals surface area contributed by atoms with E-state index >= 15 is 0 Å². The molecule has 8 nitrogen and oxygen atoms in total. The lowest BCUT2D eigenvalue weighted by molar-refractivity contribution is 0.102. The third-order valence-electron chi connectivity index (χ3n) is 5.20. The van der Waals surface area contributed by atoms with Gasteiger partial charge < -0.3 is 9.30 Å². The minimum Gasteiger partial charge on any atom is -0.377 e. The van der Waals surface area contributed by atoms with Gasteiger partial charge in [-0.25, -0.2) is 18.1 Å². The molecule has 1 saturated heterocycles. The van der Waals surface area contributed by atoms with Crippen LogP contribution in [0.1, 0.15) is 30.1 Å². The summed E-state index contributed by atoms with van der Waals surface area (Å²) in [4.78, 5) is 17.2. The van der Waals surface area contributed by atoms with Crippen molar-refractivity contribution in [1.29, 1.82) is 0 Å². The predicted molar refractivity (Wildman–Crippen MR) is 119 cm³/mol. The zero-order chi connectivity index (χ0) is 22.0. The number of benzene rings is 2. The number of imidazole rings is 1. The molecule has 10 heteroatoms. The van der Waals surface area contributed by atoms with Crippen LogP contribution in [0.5, 0.6) is 0 Å². The summed E-state index contributed by atoms with van der Waals surface area (Å²) in [5, 5.41) is 2.82. The summed E-state index contributed by atoms with van der Waals surface area (Å²) >= 11 is 6.14. The molecular formula is C21H23ClN4O4S. The van der Waals surface area contributed by atoms with Crippen LogP contribution in [0, 0.1) is 0 Å². The summed E-state index contributed by atoms with van der Waals surface area (Å²) in [6.07, 6.45) is 1.56. The second kappa shape index (κ2) is 8.96. The highest BCUT2D eigenvalue weighted by Gasteiger charge is 2.24. The largest absolute Gasteiger partial charge is 0.377 e. The lowest BCUT2D eigenvalue weighted by Crippen LogP contribution is -2.32. The highest BCUT2D eigenvalue weighted by Crippen LogP contribution is 2.25. The first-order valence-corrected chi connectivity index (χ1v) is 11.9. The molecule has 1 atom stereocenters. The Morgan fingerprint density at radius 3 is 2.84 bits per heavy atom. The van der Waals surface area contributed by atoms with Crippen LogP contribution in [-0.2, 0) is 21.3 Å². The smallest absolute Gasteiger partial charge is 0.258 e. The third kappa shape index (κ3) is 4.59. The Bertz CT molecular complexity index is 1220. The average molecular weight is 463 g/mol. The van der Waals surface area contributed by atoms with Crippen LogP contribution in [0.2, 0.25) is 5.02 Å². The van der Waals surface area contributed by atoms with E-state index in [9.17, 15) is 13.2 Å². The van der Waals surface area contributed by atoms with Crippen molar-refractivity contribution in [2.45, 2.75) is 37.3 Å². The van der Waals surface area contributed by atoms with Crippen molar-refractivity contribution in [3.8, 4) is 0 Å². The Morgan fingerprint density at radius 1 is 1.29 bits per heavy atom. The van der Waals surface area contributed by atoms with Gasteiger partial charge in [0.15, 0.2) is 0 Å². The molecule has 0 unspecified atom stereocenters. The fourth-order valence-electron chi connectivity index (χ4n) is 3.60. The Hall–Kier alpha value is -2.46. The molecule has 2 heterocycles. The van der Waals surface area contributed by atoms with Gasteiger partial charge in [-0.2, -0.15) is 0 Å². The monoisotopic (exact) mass is 462 g/mol. The molecule has 2 N–H and O–H groups in total. The highest BCUT2D eigenvalue weighted by atomic mass is 35.5. The van der Waals surface area contributed by atoms with Gasteiger partial charge in [0.1, 0.15) is 4.90 Å². The molecule has 31 heavy (non-hydrogen) atoms. The molecule has 164 valence electrons. The Balaban J connectivity index is 1.57. The number of nitrogens with zero attached hydrogens (tertiary/aromatic N) is 2. The van der Waals surface area contributed by atoms with Gasteiger partial charge in [0.05, 0.1) is 22.2 Å². The van der Waals surface area contributed by atoms with Gasteiger partial charge in [-0.15, -0.1) is 0 Å². The molecule has 2 aromatic carbocycles. The van der Waals surface area contributed by atoms with E-state index in [0.717, 1.165) is 23.9 Å². The molecule has 0 radical (unpaired) electrons. The molecule has 0 spiro atoms. The van der Waals surface area contributed by atoms with Crippen molar-refractivity contribution < 1.29 is 17.9 Å². The van der Waals surface area contributed by atoms with Crippen LogP contribution in [0.4, 0.5) is 5.95 Å². The number of fused-ring (bicyclic) bond motifs is 1. The summed E-state index contributed by atoms with van der Waals surface area (Å²) in [6, 6.07) is 11.7. The molecule has 0 saturated carbocycles. The number of rotatable bonds is 7. The van der Waals surface area contributed by atoms with Gasteiger partial charge in [-0.1, -0.05) is 23.7 Å². The number of aryl methyl sites for hydroxylation is 1. The van der Waals surface area contributed by atoms with Crippen LogP contribution in [0.3, 0.4) is 0 Å². The Labute approximate surface area is 185 Å². The molecule has 1 aromatic heterocycles. The number of hydrogen-bond donors (Lipinski definition) is 2. The fraction of sp³-hybridized carbons (Fsp3) is 0.333. The second-order valence-corrected chi connectivity index (χ2v) is 9.40. The van der Waals surface area contributed by atoms with Crippen LogP contribution in [-0.4, -0.2) is 43.1 Å². The maximum Gasteiger partial charge on any atom is 0.258 e. The fourth-order valence-corrected chi connectivity index (χ4v) is 5.19. The van der Waals surface area contributed by atoms with Crippen LogP contribution in [0.25, 0.3) is 11.0 Å². The molecule has 1 aliphatic rings. The van der Waals surface area contributed by atoms with Crippen molar-refractivity contribution in [1.82, 2.24) is 14.3 Å². The normalized spacial score (nSPS) is 16.6. The van der Waals surface area contributed by atoms with Crippen molar-refractivity contribution in [2.24, 2.45) is 0 Å². The highest BCUT2D eigenvalue weighted by molar-refractivity contribution is 7.89. The summed E-state index contributed by atoms with van der Waals surface area (Å²) < 4.78 is 35.4. The van der Waals surface area contributed by atoms with Crippen LogP contribution in [0.15, 0.2) is 47.4 Å². The summed E-state index contributed by atoms with van der Waals surface area (Å²) in [7, 11) is -3.90. The minimum atomic E-state index is -3.90. The van der Waals surface area contributed by atoms with E-state index in [1.165, 1.54) is 18.2 Å². The maximum atomic E-state index is 12.9. The first-order valence-electron chi connectivity index (χ1n) is 10.1. The van der Waals surface area contributed by atoms with E-state index in [1.54, 1.807) is 0 Å². The minimum absolute atomic E-state index is 0.0391. The van der Waals surface area contributed by atoms with Crippen molar-refractivity contribution >= 4 is 44.5 Å². The molecule has 0 bridgehead atoms. The van der Waals surface area contributed by atoms with Gasteiger partial charge in [0.25, 0.3) is 5.91 Å². The number of nitrogens with one attached hydrogen (secondary N) is 2. The van der Waals surface area contributed by atoms with E-state index in [0.29, 0.717) is 19.1 Å². The number of amides is 1. The first kappa shape index (κ1) is 21.8. The van der Waals surface area contributed by atoms with Gasteiger partial charge >= 0.3 is 0 Å². The molecule has 0 aliphatic carbocycles. The van der Waals surface area contributed by atoms with Crippen LogP contribution < -0.4 is 10.0 Å². The topological polar surface area (TPSA) is 102 Å². The average Bonchev–Trinajstić information content (AvgIpc) is 3.39. The van der Waals surface area contributed by atoms with Gasteiger partial charge in [-0.05, 0) is 50.1 Å². The number of halogens is 1. The molecule has 1 fully saturated rings.